The van der Waals surface area contributed by atoms with E-state index in [0.717, 1.165) is 64.2 Å². The number of carbonyl (C=O) groups is 2. The Bertz CT molecular complexity index is 1300. The Morgan fingerprint density at radius 2 is 1.18 bits per heavy atom. The minimum absolute atomic E-state index is 0.0362. The highest BCUT2D eigenvalue weighted by Crippen LogP contribution is 2.23. The van der Waals surface area contributed by atoms with E-state index in [9.17, 15) is 37.9 Å². The maximum absolute atomic E-state index is 12.7. The van der Waals surface area contributed by atoms with Gasteiger partial charge in [-0.3, -0.25) is 14.1 Å². The van der Waals surface area contributed by atoms with Crippen LogP contribution in [0.1, 0.15) is 123 Å². The van der Waals surface area contributed by atoms with Gasteiger partial charge in [-0.2, -0.15) is 8.42 Å². The van der Waals surface area contributed by atoms with E-state index >= 15 is 0 Å². The molecular formula is C42H68O12S. The zero-order valence-corrected chi connectivity index (χ0v) is 33.8. The minimum Gasteiger partial charge on any atom is -0.462 e. The fourth-order valence-electron chi connectivity index (χ4n) is 5.41. The van der Waals surface area contributed by atoms with E-state index in [1.165, 1.54) is 12.8 Å². The number of hydrogen-bond donors (Lipinski definition) is 4. The third-order valence-corrected chi connectivity index (χ3v) is 9.28. The van der Waals surface area contributed by atoms with Crippen molar-refractivity contribution in [1.82, 2.24) is 0 Å². The smallest absolute Gasteiger partial charge is 0.306 e. The number of ether oxygens (including phenoxy) is 4. The molecule has 0 aromatic carbocycles. The summed E-state index contributed by atoms with van der Waals surface area (Å²) in [4.78, 5) is 25.2. The molecular weight excluding hydrogens is 729 g/mol. The lowest BCUT2D eigenvalue weighted by Crippen LogP contribution is -2.60. The summed E-state index contributed by atoms with van der Waals surface area (Å²) in [5.41, 5.74) is 0. The van der Waals surface area contributed by atoms with Crippen LogP contribution in [0, 0.1) is 0 Å². The van der Waals surface area contributed by atoms with E-state index in [-0.39, 0.29) is 19.4 Å². The highest BCUT2D eigenvalue weighted by atomic mass is 32.2. The van der Waals surface area contributed by atoms with Gasteiger partial charge in [-0.1, -0.05) is 119 Å². The Labute approximate surface area is 329 Å². The van der Waals surface area contributed by atoms with Crippen LogP contribution in [-0.2, 0) is 38.7 Å². The number of hydrogen-bond acceptors (Lipinski definition) is 11. The fraction of sp³-hybridized carbons (Fsp3) is 0.667. The standard InChI is InChI=1S/C42H68O12S/c1-3-5-7-9-11-13-15-17-19-20-22-24-26-28-30-37(43)51-32-35(33-52-42-41(47)40(46)39(45)36(54-42)34-55(48,49)50)53-38(44)31-29-27-25-23-21-18-16-14-12-10-8-6-4-2/h6,8-9,11-12,14-15,17-18,21,25,27,35-36,39-42,45-47H,3-5,7,10,13,16,19-20,22-24,26,28-34H2,1-2H3,(H,48,49,50)/b8-6-,11-9-,14-12-,17-15-,21-18-,27-25-. The van der Waals surface area contributed by atoms with Gasteiger partial charge in [0.05, 0.1) is 6.61 Å². The monoisotopic (exact) mass is 796 g/mol. The van der Waals surface area contributed by atoms with E-state index in [1.54, 1.807) is 0 Å². The number of allylic oxidation sites excluding steroid dienone is 12. The SMILES string of the molecule is CC/C=C\C/C=C\C/C=C\C/C=C\CCC(=O)OC(COC(=O)CCCCCCC/C=C\C/C=C\CCCC)COC1OC(CS(=O)(=O)O)C(O)C(O)C1O. The van der Waals surface area contributed by atoms with Gasteiger partial charge >= 0.3 is 11.9 Å². The van der Waals surface area contributed by atoms with Gasteiger partial charge in [0, 0.05) is 12.8 Å². The lowest BCUT2D eigenvalue weighted by atomic mass is 10.00. The molecule has 0 radical (unpaired) electrons. The first-order chi connectivity index (χ1) is 26.5. The molecule has 1 aliphatic heterocycles. The second-order valence-electron chi connectivity index (χ2n) is 13.6. The molecule has 0 aliphatic carbocycles. The Morgan fingerprint density at radius 1 is 0.636 bits per heavy atom. The number of esters is 2. The van der Waals surface area contributed by atoms with Crippen LogP contribution in [-0.4, -0.2) is 96.0 Å². The first-order valence-electron chi connectivity index (χ1n) is 20.0. The summed E-state index contributed by atoms with van der Waals surface area (Å²) in [7, 11) is -4.61. The van der Waals surface area contributed by atoms with Crippen LogP contribution in [0.15, 0.2) is 72.9 Å². The summed E-state index contributed by atoms with van der Waals surface area (Å²) in [5, 5.41) is 30.8. The molecule has 0 amide bonds. The predicted octanol–water partition coefficient (Wildman–Crippen LogP) is 7.16. The van der Waals surface area contributed by atoms with Crippen molar-refractivity contribution in [1.29, 1.82) is 0 Å². The Kier molecular flexibility index (Phi) is 29.3. The quantitative estimate of drug-likeness (QED) is 0.0240. The number of rotatable bonds is 31. The highest BCUT2D eigenvalue weighted by molar-refractivity contribution is 7.85. The van der Waals surface area contributed by atoms with Gasteiger partial charge in [0.2, 0.25) is 0 Å². The molecule has 13 heteroatoms. The van der Waals surface area contributed by atoms with Crippen molar-refractivity contribution in [3.8, 4) is 0 Å². The number of unbranched alkanes of at least 4 members (excludes halogenated alkanes) is 7. The largest absolute Gasteiger partial charge is 0.462 e. The molecule has 0 aromatic heterocycles. The molecule has 1 rings (SSSR count). The first kappa shape index (κ1) is 50.1. The van der Waals surface area contributed by atoms with Gasteiger partial charge in [0.1, 0.15) is 36.8 Å². The molecule has 0 aromatic rings. The van der Waals surface area contributed by atoms with Crippen LogP contribution < -0.4 is 0 Å². The fourth-order valence-corrected chi connectivity index (χ4v) is 6.10. The molecule has 1 aliphatic rings. The van der Waals surface area contributed by atoms with Crippen LogP contribution in [0.25, 0.3) is 0 Å². The van der Waals surface area contributed by atoms with Crippen LogP contribution in [0.2, 0.25) is 0 Å². The van der Waals surface area contributed by atoms with Crippen molar-refractivity contribution < 1.29 is 56.8 Å². The maximum Gasteiger partial charge on any atom is 0.306 e. The molecule has 0 spiro atoms. The molecule has 314 valence electrons. The summed E-state index contributed by atoms with van der Waals surface area (Å²) >= 11 is 0. The van der Waals surface area contributed by atoms with Crippen molar-refractivity contribution >= 4 is 22.1 Å². The molecule has 55 heavy (non-hydrogen) atoms. The molecule has 0 saturated carbocycles. The second-order valence-corrected chi connectivity index (χ2v) is 15.1. The third-order valence-electron chi connectivity index (χ3n) is 8.53. The molecule has 1 saturated heterocycles. The molecule has 1 fully saturated rings. The van der Waals surface area contributed by atoms with E-state index < -0.39 is 71.2 Å². The third kappa shape index (κ3) is 27.4. The summed E-state index contributed by atoms with van der Waals surface area (Å²) in [6, 6.07) is 0. The van der Waals surface area contributed by atoms with Crippen molar-refractivity contribution in [3.63, 3.8) is 0 Å². The maximum atomic E-state index is 12.7. The van der Waals surface area contributed by atoms with Gasteiger partial charge < -0.3 is 34.3 Å². The number of aliphatic hydroxyl groups is 3. The topological polar surface area (TPSA) is 186 Å². The molecule has 4 N–H and O–H groups in total. The van der Waals surface area contributed by atoms with Gasteiger partial charge in [0.25, 0.3) is 10.1 Å². The summed E-state index contributed by atoms with van der Waals surface area (Å²) in [5.74, 6) is -2.12. The van der Waals surface area contributed by atoms with Crippen LogP contribution in [0.3, 0.4) is 0 Å². The first-order valence-corrected chi connectivity index (χ1v) is 21.6. The second kappa shape index (κ2) is 32.2. The zero-order chi connectivity index (χ0) is 40.6. The molecule has 1 heterocycles. The van der Waals surface area contributed by atoms with Crippen molar-refractivity contribution in [2.45, 2.75) is 160 Å². The molecule has 12 nitrogen and oxygen atoms in total. The number of aliphatic hydroxyl groups excluding tert-OH is 3. The van der Waals surface area contributed by atoms with Crippen LogP contribution >= 0.6 is 0 Å². The normalized spacial score (nSPS) is 21.6. The molecule has 6 unspecified atom stereocenters. The zero-order valence-electron chi connectivity index (χ0n) is 33.0. The lowest BCUT2D eigenvalue weighted by molar-refractivity contribution is -0.297. The van der Waals surface area contributed by atoms with Gasteiger partial charge in [0.15, 0.2) is 12.4 Å². The predicted molar refractivity (Wildman–Crippen MR) is 215 cm³/mol. The van der Waals surface area contributed by atoms with Gasteiger partial charge in [-0.25, -0.2) is 0 Å². The average Bonchev–Trinajstić information content (AvgIpc) is 3.14. The van der Waals surface area contributed by atoms with E-state index in [0.29, 0.717) is 19.3 Å². The van der Waals surface area contributed by atoms with Gasteiger partial charge in [-0.15, -0.1) is 0 Å². The number of carbonyl (C=O) groups excluding carboxylic acids is 2. The lowest BCUT2D eigenvalue weighted by Gasteiger charge is -2.40. The van der Waals surface area contributed by atoms with E-state index in [1.807, 2.05) is 18.2 Å². The Hall–Kier alpha value is -2.91. The van der Waals surface area contributed by atoms with Crippen molar-refractivity contribution in [3.05, 3.63) is 72.9 Å². The summed E-state index contributed by atoms with van der Waals surface area (Å²) in [6.45, 7) is 3.49. The Morgan fingerprint density at radius 3 is 1.78 bits per heavy atom. The van der Waals surface area contributed by atoms with Crippen molar-refractivity contribution in [2.75, 3.05) is 19.0 Å². The van der Waals surface area contributed by atoms with E-state index in [4.69, 9.17) is 18.9 Å². The van der Waals surface area contributed by atoms with E-state index in [2.05, 4.69) is 68.5 Å². The summed E-state index contributed by atoms with van der Waals surface area (Å²) in [6.07, 6.45) is 29.7. The summed E-state index contributed by atoms with van der Waals surface area (Å²) < 4.78 is 53.8. The molecule has 0 bridgehead atoms. The Balaban J connectivity index is 2.57. The average molecular weight is 797 g/mol. The minimum atomic E-state index is -4.61. The van der Waals surface area contributed by atoms with Crippen LogP contribution in [0.4, 0.5) is 0 Å². The highest BCUT2D eigenvalue weighted by Gasteiger charge is 2.46. The van der Waals surface area contributed by atoms with Crippen molar-refractivity contribution in [2.24, 2.45) is 0 Å². The molecule has 6 atom stereocenters. The van der Waals surface area contributed by atoms with Crippen LogP contribution in [0.5, 0.6) is 0 Å². The van der Waals surface area contributed by atoms with Gasteiger partial charge in [-0.05, 0) is 64.2 Å².